The van der Waals surface area contributed by atoms with Crippen LogP contribution in [0.4, 0.5) is 5.69 Å². The van der Waals surface area contributed by atoms with E-state index in [2.05, 4.69) is 5.32 Å². The second-order valence-corrected chi connectivity index (χ2v) is 9.27. The molecule has 3 aromatic rings. The number of nitrogens with zero attached hydrogens (tertiary/aromatic N) is 1. The monoisotopic (exact) mass is 446 g/mol. The molecule has 0 aliphatic carbocycles. The van der Waals surface area contributed by atoms with Crippen molar-refractivity contribution in [3.05, 3.63) is 82.8 Å². The summed E-state index contributed by atoms with van der Waals surface area (Å²) in [4.78, 5) is 12.6. The summed E-state index contributed by atoms with van der Waals surface area (Å²) in [6.45, 7) is 2.36. The van der Waals surface area contributed by atoms with Crippen LogP contribution < -0.4 is 9.62 Å². The van der Waals surface area contributed by atoms with Gasteiger partial charge in [0.1, 0.15) is 5.76 Å². The lowest BCUT2D eigenvalue weighted by atomic mass is 10.2. The van der Waals surface area contributed by atoms with E-state index in [1.54, 1.807) is 36.6 Å². The summed E-state index contributed by atoms with van der Waals surface area (Å²) in [5.74, 6) is 0.555. The standard InChI is InChI=1S/C22H23ClN2O4S/c1-16-7-10-19(11-8-16)30(27,28)25(2)17-9-12-20(21(23)15-17)22(26)24-13-3-5-18-6-4-14-29-18/h4,6-12,14-15H,3,5,13H2,1-2H3,(H,24,26). The molecule has 0 unspecified atom stereocenters. The Balaban J connectivity index is 1.66. The van der Waals surface area contributed by atoms with E-state index in [1.807, 2.05) is 19.1 Å². The molecule has 0 aliphatic heterocycles. The number of hydrogen-bond donors (Lipinski definition) is 1. The molecule has 0 bridgehead atoms. The van der Waals surface area contributed by atoms with Crippen molar-refractivity contribution in [3.63, 3.8) is 0 Å². The van der Waals surface area contributed by atoms with Crippen LogP contribution in [0.1, 0.15) is 28.1 Å². The third kappa shape index (κ3) is 5.04. The number of amides is 1. The number of carbonyl (C=O) groups is 1. The van der Waals surface area contributed by atoms with Gasteiger partial charge in [-0.3, -0.25) is 9.10 Å². The Hall–Kier alpha value is -2.77. The van der Waals surface area contributed by atoms with E-state index in [1.165, 1.54) is 19.2 Å². The Morgan fingerprint density at radius 2 is 1.87 bits per heavy atom. The van der Waals surface area contributed by atoms with Crippen molar-refractivity contribution in [1.82, 2.24) is 5.32 Å². The maximum absolute atomic E-state index is 12.8. The van der Waals surface area contributed by atoms with Crippen molar-refractivity contribution in [2.75, 3.05) is 17.9 Å². The van der Waals surface area contributed by atoms with E-state index in [-0.39, 0.29) is 15.8 Å². The fourth-order valence-electron chi connectivity index (χ4n) is 2.91. The Labute approximate surface area is 181 Å². The first-order valence-electron chi connectivity index (χ1n) is 9.45. The Morgan fingerprint density at radius 3 is 2.50 bits per heavy atom. The largest absolute Gasteiger partial charge is 0.469 e. The molecule has 1 heterocycles. The van der Waals surface area contributed by atoms with E-state index >= 15 is 0 Å². The molecule has 30 heavy (non-hydrogen) atoms. The molecular formula is C22H23ClN2O4S. The molecular weight excluding hydrogens is 424 g/mol. The van der Waals surface area contributed by atoms with Gasteiger partial charge < -0.3 is 9.73 Å². The molecule has 1 amide bonds. The fourth-order valence-corrected chi connectivity index (χ4v) is 4.35. The molecule has 0 saturated carbocycles. The van der Waals surface area contributed by atoms with Crippen LogP contribution in [-0.4, -0.2) is 27.9 Å². The van der Waals surface area contributed by atoms with Gasteiger partial charge in [-0.1, -0.05) is 29.3 Å². The van der Waals surface area contributed by atoms with Gasteiger partial charge in [-0.25, -0.2) is 8.42 Å². The van der Waals surface area contributed by atoms with Gasteiger partial charge in [0.15, 0.2) is 0 Å². The highest BCUT2D eigenvalue weighted by Crippen LogP contribution is 2.27. The topological polar surface area (TPSA) is 79.6 Å². The summed E-state index contributed by atoms with van der Waals surface area (Å²) < 4.78 is 32.1. The SMILES string of the molecule is Cc1ccc(S(=O)(=O)N(C)c2ccc(C(=O)NCCCc3ccco3)c(Cl)c2)cc1. The van der Waals surface area contributed by atoms with Crippen molar-refractivity contribution in [2.45, 2.75) is 24.7 Å². The van der Waals surface area contributed by atoms with Crippen LogP contribution in [0.15, 0.2) is 70.2 Å². The summed E-state index contributed by atoms with van der Waals surface area (Å²) in [6.07, 6.45) is 3.07. The predicted molar refractivity (Wildman–Crippen MR) is 118 cm³/mol. The zero-order valence-electron chi connectivity index (χ0n) is 16.8. The second kappa shape index (κ2) is 9.36. The number of anilines is 1. The van der Waals surface area contributed by atoms with Gasteiger partial charge in [-0.2, -0.15) is 0 Å². The zero-order chi connectivity index (χ0) is 21.7. The number of hydrogen-bond acceptors (Lipinski definition) is 4. The molecule has 3 rings (SSSR count). The minimum Gasteiger partial charge on any atom is -0.469 e. The lowest BCUT2D eigenvalue weighted by Crippen LogP contribution is -2.27. The average Bonchev–Trinajstić information content (AvgIpc) is 3.24. The summed E-state index contributed by atoms with van der Waals surface area (Å²) in [6, 6.07) is 14.9. The number of aryl methyl sites for hydroxylation is 2. The summed E-state index contributed by atoms with van der Waals surface area (Å²) in [5, 5.41) is 3.00. The van der Waals surface area contributed by atoms with Gasteiger partial charge in [0.2, 0.25) is 0 Å². The van der Waals surface area contributed by atoms with E-state index < -0.39 is 10.0 Å². The van der Waals surface area contributed by atoms with Crippen LogP contribution in [-0.2, 0) is 16.4 Å². The molecule has 158 valence electrons. The lowest BCUT2D eigenvalue weighted by Gasteiger charge is -2.20. The first kappa shape index (κ1) is 21.9. The van der Waals surface area contributed by atoms with Crippen LogP contribution in [0, 0.1) is 6.92 Å². The molecule has 0 radical (unpaired) electrons. The van der Waals surface area contributed by atoms with Crippen LogP contribution in [0.25, 0.3) is 0 Å². The smallest absolute Gasteiger partial charge is 0.264 e. The molecule has 1 aromatic heterocycles. The highest BCUT2D eigenvalue weighted by atomic mass is 35.5. The predicted octanol–water partition coefficient (Wildman–Crippen LogP) is 4.43. The average molecular weight is 447 g/mol. The fraction of sp³-hybridized carbons (Fsp3) is 0.227. The van der Waals surface area contributed by atoms with E-state index in [0.29, 0.717) is 17.8 Å². The first-order chi connectivity index (χ1) is 14.3. The molecule has 2 aromatic carbocycles. The summed E-state index contributed by atoms with van der Waals surface area (Å²) in [7, 11) is -2.28. The number of furan rings is 1. The van der Waals surface area contributed by atoms with E-state index in [9.17, 15) is 13.2 Å². The van der Waals surface area contributed by atoms with Crippen molar-refractivity contribution >= 4 is 33.2 Å². The van der Waals surface area contributed by atoms with Crippen LogP contribution in [0.5, 0.6) is 0 Å². The third-order valence-electron chi connectivity index (χ3n) is 4.71. The Kier molecular flexibility index (Phi) is 6.84. The van der Waals surface area contributed by atoms with Gasteiger partial charge in [-0.05, 0) is 55.8 Å². The van der Waals surface area contributed by atoms with E-state index in [4.69, 9.17) is 16.0 Å². The Bertz CT molecular complexity index is 1110. The molecule has 0 spiro atoms. The number of benzene rings is 2. The summed E-state index contributed by atoms with van der Waals surface area (Å²) >= 11 is 6.28. The van der Waals surface area contributed by atoms with Gasteiger partial charge in [-0.15, -0.1) is 0 Å². The van der Waals surface area contributed by atoms with Gasteiger partial charge in [0.05, 0.1) is 27.4 Å². The third-order valence-corrected chi connectivity index (χ3v) is 6.82. The zero-order valence-corrected chi connectivity index (χ0v) is 18.3. The Morgan fingerprint density at radius 1 is 1.13 bits per heavy atom. The minimum atomic E-state index is -3.73. The van der Waals surface area contributed by atoms with Crippen molar-refractivity contribution < 1.29 is 17.6 Å². The molecule has 0 fully saturated rings. The number of carbonyl (C=O) groups excluding carboxylic acids is 1. The van der Waals surface area contributed by atoms with Gasteiger partial charge in [0.25, 0.3) is 15.9 Å². The first-order valence-corrected chi connectivity index (χ1v) is 11.3. The highest BCUT2D eigenvalue weighted by Gasteiger charge is 2.22. The molecule has 8 heteroatoms. The minimum absolute atomic E-state index is 0.182. The van der Waals surface area contributed by atoms with Gasteiger partial charge in [0, 0.05) is 20.0 Å². The van der Waals surface area contributed by atoms with Crippen LogP contribution >= 0.6 is 11.6 Å². The summed E-state index contributed by atoms with van der Waals surface area (Å²) in [5.41, 5.74) is 1.63. The maximum Gasteiger partial charge on any atom is 0.264 e. The number of nitrogens with one attached hydrogen (secondary N) is 1. The highest BCUT2D eigenvalue weighted by molar-refractivity contribution is 7.92. The van der Waals surface area contributed by atoms with Crippen molar-refractivity contribution in [3.8, 4) is 0 Å². The lowest BCUT2D eigenvalue weighted by molar-refractivity contribution is 0.0953. The second-order valence-electron chi connectivity index (χ2n) is 6.89. The van der Waals surface area contributed by atoms with Gasteiger partial charge >= 0.3 is 0 Å². The molecule has 0 saturated heterocycles. The molecule has 0 aliphatic rings. The van der Waals surface area contributed by atoms with Crippen molar-refractivity contribution in [2.24, 2.45) is 0 Å². The quantitative estimate of drug-likeness (QED) is 0.519. The number of halogens is 1. The molecule has 6 nitrogen and oxygen atoms in total. The van der Waals surface area contributed by atoms with Crippen LogP contribution in [0.3, 0.4) is 0 Å². The number of rotatable bonds is 8. The normalized spacial score (nSPS) is 11.3. The van der Waals surface area contributed by atoms with Crippen LogP contribution in [0.2, 0.25) is 5.02 Å². The maximum atomic E-state index is 12.8. The van der Waals surface area contributed by atoms with Crippen molar-refractivity contribution in [1.29, 1.82) is 0 Å². The molecule has 0 atom stereocenters. The molecule has 1 N–H and O–H groups in total. The number of sulfonamides is 1. The van der Waals surface area contributed by atoms with E-state index in [0.717, 1.165) is 28.5 Å².